The van der Waals surface area contributed by atoms with Crippen molar-refractivity contribution in [2.24, 2.45) is 5.92 Å². The minimum atomic E-state index is -1.01. The molecule has 0 spiro atoms. The summed E-state index contributed by atoms with van der Waals surface area (Å²) in [7, 11) is 0. The van der Waals surface area contributed by atoms with Crippen molar-refractivity contribution >= 4 is 17.7 Å². The summed E-state index contributed by atoms with van der Waals surface area (Å²) >= 11 is 0. The molecule has 0 unspecified atom stereocenters. The van der Waals surface area contributed by atoms with Crippen LogP contribution in [0, 0.1) is 5.92 Å². The van der Waals surface area contributed by atoms with Gasteiger partial charge in [-0.2, -0.15) is 0 Å². The van der Waals surface area contributed by atoms with Crippen LogP contribution in [0.3, 0.4) is 0 Å². The van der Waals surface area contributed by atoms with Crippen molar-refractivity contribution in [2.45, 2.75) is 25.9 Å². The van der Waals surface area contributed by atoms with Gasteiger partial charge in [-0.25, -0.2) is 9.59 Å². The maximum Gasteiger partial charge on any atom is 0.412 e. The first kappa shape index (κ1) is 23.9. The predicted octanol–water partition coefficient (Wildman–Crippen LogP) is 4.13. The molecule has 0 saturated heterocycles. The van der Waals surface area contributed by atoms with E-state index in [0.29, 0.717) is 35.8 Å². The first-order chi connectivity index (χ1) is 16.0. The van der Waals surface area contributed by atoms with Gasteiger partial charge >= 0.3 is 12.1 Å². The van der Waals surface area contributed by atoms with Crippen molar-refractivity contribution in [3.8, 4) is 17.2 Å². The van der Waals surface area contributed by atoms with Crippen LogP contribution in [0.1, 0.15) is 31.4 Å². The molecule has 176 valence electrons. The van der Waals surface area contributed by atoms with Crippen molar-refractivity contribution < 1.29 is 38.7 Å². The molecule has 1 amide bonds. The highest BCUT2D eigenvalue weighted by molar-refractivity contribution is 5.85. The number of aliphatic carboxylic acids is 1. The number of nitrogens with one attached hydrogen (secondary N) is 1. The molecule has 0 saturated carbocycles. The Morgan fingerprint density at radius 3 is 2.79 bits per heavy atom. The number of hydrogen-bond donors (Lipinski definition) is 3. The van der Waals surface area contributed by atoms with Crippen LogP contribution in [0.25, 0.3) is 0 Å². The summed E-state index contributed by atoms with van der Waals surface area (Å²) < 4.78 is 21.9. The molecule has 0 radical (unpaired) electrons. The number of allylic oxidation sites excluding steroid dienone is 1. The number of carboxylic acids is 1. The lowest BCUT2D eigenvalue weighted by molar-refractivity contribution is -0.131. The molecule has 1 aliphatic heterocycles. The van der Waals surface area contributed by atoms with Crippen LogP contribution in [0.5, 0.6) is 17.2 Å². The highest BCUT2D eigenvalue weighted by Gasteiger charge is 2.24. The van der Waals surface area contributed by atoms with Gasteiger partial charge in [-0.05, 0) is 48.6 Å². The molecular formula is C24H27NO8. The standard InChI is InChI=1S/C24H27NO8/c1-16(5-2-3-8-22(27)28)23(17-6-4-7-19(13-17)30-12-11-26)33-24(29)25-18-9-10-20-21(14-18)32-15-31-20/h3-4,6-10,13-14,16,23,26H,2,5,11-12,15H2,1H3,(H,25,29)(H,27,28)/b8-3+/t16-,23-/m1/s1. The van der Waals surface area contributed by atoms with Crippen LogP contribution in [-0.2, 0) is 9.53 Å². The Hall–Kier alpha value is -3.72. The van der Waals surface area contributed by atoms with Crippen LogP contribution in [-0.4, -0.2) is 42.3 Å². The summed E-state index contributed by atoms with van der Waals surface area (Å²) in [6.45, 7) is 2.09. The molecule has 2 atom stereocenters. The average molecular weight is 457 g/mol. The smallest absolute Gasteiger partial charge is 0.412 e. The van der Waals surface area contributed by atoms with E-state index in [1.165, 1.54) is 0 Å². The number of carboxylic acid groups (broad SMARTS) is 1. The molecule has 9 heteroatoms. The molecule has 3 rings (SSSR count). The van der Waals surface area contributed by atoms with Gasteiger partial charge in [0, 0.05) is 17.8 Å². The third-order valence-electron chi connectivity index (χ3n) is 4.97. The number of anilines is 1. The first-order valence-electron chi connectivity index (χ1n) is 10.6. The summed E-state index contributed by atoms with van der Waals surface area (Å²) in [5.41, 5.74) is 1.22. The number of benzene rings is 2. The summed E-state index contributed by atoms with van der Waals surface area (Å²) in [5.74, 6) is 0.557. The molecule has 2 aromatic carbocycles. The number of aliphatic hydroxyl groups is 1. The van der Waals surface area contributed by atoms with Gasteiger partial charge in [-0.1, -0.05) is 25.1 Å². The molecule has 2 aromatic rings. The Morgan fingerprint density at radius 2 is 2.00 bits per heavy atom. The summed E-state index contributed by atoms with van der Waals surface area (Å²) in [4.78, 5) is 23.4. The fourth-order valence-corrected chi connectivity index (χ4v) is 3.39. The third kappa shape index (κ3) is 7.15. The van der Waals surface area contributed by atoms with Crippen LogP contribution >= 0.6 is 0 Å². The fraction of sp³-hybridized carbons (Fsp3) is 0.333. The largest absolute Gasteiger partial charge is 0.491 e. The SMILES string of the molecule is C[C@H](CC/C=C/C(=O)O)[C@@H](OC(=O)Nc1ccc2c(c1)OCO2)c1cccc(OCCO)c1. The van der Waals surface area contributed by atoms with Gasteiger partial charge in [0.1, 0.15) is 18.5 Å². The normalized spacial score (nSPS) is 14.0. The number of fused-ring (bicyclic) bond motifs is 1. The molecule has 33 heavy (non-hydrogen) atoms. The lowest BCUT2D eigenvalue weighted by Crippen LogP contribution is -2.22. The summed E-state index contributed by atoms with van der Waals surface area (Å²) in [6.07, 6.45) is 2.51. The van der Waals surface area contributed by atoms with E-state index in [1.807, 2.05) is 13.0 Å². The number of hydrogen-bond acceptors (Lipinski definition) is 7. The number of rotatable bonds is 11. The fourth-order valence-electron chi connectivity index (χ4n) is 3.39. The van der Waals surface area contributed by atoms with Crippen molar-refractivity contribution in [3.05, 3.63) is 60.2 Å². The Balaban J connectivity index is 1.72. The van der Waals surface area contributed by atoms with E-state index in [4.69, 9.17) is 29.2 Å². The number of amides is 1. The zero-order chi connectivity index (χ0) is 23.6. The number of ether oxygens (including phenoxy) is 4. The molecule has 0 aliphatic carbocycles. The Bertz CT molecular complexity index is 990. The Kier molecular flexibility index (Phi) is 8.54. The third-order valence-corrected chi connectivity index (χ3v) is 4.97. The van der Waals surface area contributed by atoms with Gasteiger partial charge in [0.25, 0.3) is 0 Å². The highest BCUT2D eigenvalue weighted by atomic mass is 16.7. The second kappa shape index (κ2) is 11.8. The lowest BCUT2D eigenvalue weighted by atomic mass is 9.93. The van der Waals surface area contributed by atoms with Gasteiger partial charge in [0.05, 0.1) is 6.61 Å². The predicted molar refractivity (Wildman–Crippen MR) is 120 cm³/mol. The molecule has 1 aliphatic rings. The molecule has 0 bridgehead atoms. The number of carbonyl (C=O) groups excluding carboxylic acids is 1. The van der Waals surface area contributed by atoms with E-state index in [-0.39, 0.29) is 25.9 Å². The van der Waals surface area contributed by atoms with Crippen molar-refractivity contribution in [3.63, 3.8) is 0 Å². The number of aliphatic hydroxyl groups excluding tert-OH is 1. The lowest BCUT2D eigenvalue weighted by Gasteiger charge is -2.25. The van der Waals surface area contributed by atoms with Crippen LogP contribution < -0.4 is 19.5 Å². The molecule has 0 aromatic heterocycles. The van der Waals surface area contributed by atoms with Gasteiger partial charge < -0.3 is 29.2 Å². The zero-order valence-corrected chi connectivity index (χ0v) is 18.2. The van der Waals surface area contributed by atoms with E-state index >= 15 is 0 Å². The van der Waals surface area contributed by atoms with Gasteiger partial charge in [0.15, 0.2) is 11.5 Å². The zero-order valence-electron chi connectivity index (χ0n) is 18.2. The molecule has 1 heterocycles. The van der Waals surface area contributed by atoms with E-state index in [9.17, 15) is 9.59 Å². The minimum Gasteiger partial charge on any atom is -0.491 e. The minimum absolute atomic E-state index is 0.117. The topological polar surface area (TPSA) is 124 Å². The molecule has 0 fully saturated rings. The maximum atomic E-state index is 12.7. The van der Waals surface area contributed by atoms with E-state index in [0.717, 1.165) is 11.6 Å². The Labute approximate surface area is 191 Å². The quantitative estimate of drug-likeness (QED) is 0.430. The monoisotopic (exact) mass is 457 g/mol. The molecular weight excluding hydrogens is 430 g/mol. The van der Waals surface area contributed by atoms with Gasteiger partial charge in [-0.3, -0.25) is 5.32 Å². The first-order valence-corrected chi connectivity index (χ1v) is 10.6. The van der Waals surface area contributed by atoms with Crippen molar-refractivity contribution in [1.82, 2.24) is 0 Å². The van der Waals surface area contributed by atoms with E-state index in [2.05, 4.69) is 5.32 Å². The van der Waals surface area contributed by atoms with Crippen molar-refractivity contribution in [2.75, 3.05) is 25.3 Å². The second-order valence-electron chi connectivity index (χ2n) is 7.46. The molecule has 3 N–H and O–H groups in total. The van der Waals surface area contributed by atoms with E-state index in [1.54, 1.807) is 42.5 Å². The number of carbonyl (C=O) groups is 2. The van der Waals surface area contributed by atoms with Crippen LogP contribution in [0.4, 0.5) is 10.5 Å². The highest BCUT2D eigenvalue weighted by Crippen LogP contribution is 2.35. The van der Waals surface area contributed by atoms with Crippen molar-refractivity contribution in [1.29, 1.82) is 0 Å². The van der Waals surface area contributed by atoms with E-state index < -0.39 is 18.2 Å². The van der Waals surface area contributed by atoms with Gasteiger partial charge in [-0.15, -0.1) is 0 Å². The average Bonchev–Trinajstić information content (AvgIpc) is 3.27. The maximum absolute atomic E-state index is 12.7. The molecule has 9 nitrogen and oxygen atoms in total. The second-order valence-corrected chi connectivity index (χ2v) is 7.46. The Morgan fingerprint density at radius 1 is 1.18 bits per heavy atom. The summed E-state index contributed by atoms with van der Waals surface area (Å²) in [5, 5.41) is 20.5. The van der Waals surface area contributed by atoms with Crippen LogP contribution in [0.15, 0.2) is 54.6 Å². The van der Waals surface area contributed by atoms with Gasteiger partial charge in [0.2, 0.25) is 6.79 Å². The van der Waals surface area contributed by atoms with Crippen LogP contribution in [0.2, 0.25) is 0 Å². The summed E-state index contributed by atoms with van der Waals surface area (Å²) in [6, 6.07) is 12.2.